The van der Waals surface area contributed by atoms with Crippen molar-refractivity contribution in [1.82, 2.24) is 9.55 Å². The van der Waals surface area contributed by atoms with Gasteiger partial charge in [-0.05, 0) is 25.1 Å². The molecule has 0 amide bonds. The molecule has 0 aromatic carbocycles. The summed E-state index contributed by atoms with van der Waals surface area (Å²) in [6, 6.07) is 3.63. The molecule has 0 unspecified atom stereocenters. The summed E-state index contributed by atoms with van der Waals surface area (Å²) in [5.41, 5.74) is 2.64. The molecule has 3 rings (SSSR count). The number of nitrogens with zero attached hydrogens (tertiary/aromatic N) is 2. The topological polar surface area (TPSA) is 34.9 Å². The van der Waals surface area contributed by atoms with Crippen LogP contribution in [0.5, 0.6) is 0 Å². The van der Waals surface area contributed by atoms with Gasteiger partial charge >= 0.3 is 0 Å². The van der Waals surface area contributed by atoms with Gasteiger partial charge in [0, 0.05) is 29.8 Å². The zero-order valence-corrected chi connectivity index (χ0v) is 13.4. The SMILES string of the molecule is CC(=O)c1c(Cl)c(-c2cccnc2Cl)n2c1C=C(Cl)CC2. The summed E-state index contributed by atoms with van der Waals surface area (Å²) in [6.07, 6.45) is 4.10. The van der Waals surface area contributed by atoms with Crippen molar-refractivity contribution in [2.24, 2.45) is 0 Å². The first kappa shape index (κ1) is 14.6. The van der Waals surface area contributed by atoms with Gasteiger partial charge in [0.15, 0.2) is 5.78 Å². The molecule has 6 heteroatoms. The lowest BCUT2D eigenvalue weighted by Crippen LogP contribution is -2.08. The zero-order valence-electron chi connectivity index (χ0n) is 11.2. The molecule has 0 fully saturated rings. The molecule has 0 saturated carbocycles. The van der Waals surface area contributed by atoms with Gasteiger partial charge in [-0.1, -0.05) is 34.8 Å². The third-order valence-corrected chi connectivity index (χ3v) is 4.45. The van der Waals surface area contributed by atoms with Crippen molar-refractivity contribution < 1.29 is 4.79 Å². The highest BCUT2D eigenvalue weighted by atomic mass is 35.5. The van der Waals surface area contributed by atoms with Crippen LogP contribution in [0.15, 0.2) is 23.4 Å². The molecule has 1 aliphatic heterocycles. The third-order valence-electron chi connectivity index (χ3n) is 3.48. The number of hydrogen-bond donors (Lipinski definition) is 0. The summed E-state index contributed by atoms with van der Waals surface area (Å²) in [7, 11) is 0. The average Bonchev–Trinajstić information content (AvgIpc) is 2.71. The first-order chi connectivity index (χ1) is 10.0. The van der Waals surface area contributed by atoms with E-state index in [0.29, 0.717) is 39.3 Å². The molecule has 0 N–H and O–H groups in total. The maximum absolute atomic E-state index is 12.0. The minimum Gasteiger partial charge on any atom is -0.339 e. The van der Waals surface area contributed by atoms with Crippen LogP contribution in [0.3, 0.4) is 0 Å². The standard InChI is InChI=1S/C15H11Cl3N2O/c1-8(21)12-11-7-9(16)4-6-20(11)14(13(12)17)10-3-2-5-19-15(10)18/h2-3,5,7H,4,6H2,1H3. The van der Waals surface area contributed by atoms with E-state index in [0.717, 1.165) is 11.4 Å². The second-order valence-electron chi connectivity index (χ2n) is 4.81. The Kier molecular flexibility index (Phi) is 3.82. The van der Waals surface area contributed by atoms with Gasteiger partial charge < -0.3 is 4.57 Å². The molecule has 0 bridgehead atoms. The molecule has 0 spiro atoms. The van der Waals surface area contributed by atoms with Crippen LogP contribution in [0.1, 0.15) is 29.4 Å². The predicted octanol–water partition coefficient (Wildman–Crippen LogP) is 5.04. The van der Waals surface area contributed by atoms with Gasteiger partial charge in [0.1, 0.15) is 5.15 Å². The highest BCUT2D eigenvalue weighted by Gasteiger charge is 2.27. The minimum absolute atomic E-state index is 0.0994. The van der Waals surface area contributed by atoms with Gasteiger partial charge in [0.25, 0.3) is 0 Å². The van der Waals surface area contributed by atoms with Crippen molar-refractivity contribution in [2.45, 2.75) is 19.9 Å². The molecule has 21 heavy (non-hydrogen) atoms. The monoisotopic (exact) mass is 340 g/mol. The number of hydrogen-bond acceptors (Lipinski definition) is 2. The summed E-state index contributed by atoms with van der Waals surface area (Å²) in [5, 5.41) is 1.47. The Balaban J connectivity index is 2.36. The fraction of sp³-hybridized carbons (Fsp3) is 0.200. The highest BCUT2D eigenvalue weighted by molar-refractivity contribution is 6.39. The summed E-state index contributed by atoms with van der Waals surface area (Å²) in [6.45, 7) is 2.14. The van der Waals surface area contributed by atoms with Gasteiger partial charge in [-0.3, -0.25) is 4.79 Å². The number of Topliss-reactive ketones (excluding diaryl/α,β-unsaturated/α-hetero) is 1. The van der Waals surface area contributed by atoms with Crippen LogP contribution in [0.2, 0.25) is 10.2 Å². The fourth-order valence-electron chi connectivity index (χ4n) is 2.59. The van der Waals surface area contributed by atoms with E-state index in [4.69, 9.17) is 34.8 Å². The van der Waals surface area contributed by atoms with E-state index in [1.165, 1.54) is 6.92 Å². The Bertz CT molecular complexity index is 777. The molecular formula is C15H11Cl3N2O. The number of allylic oxidation sites excluding steroid dienone is 1. The third kappa shape index (κ3) is 2.39. The van der Waals surface area contributed by atoms with Crippen molar-refractivity contribution in [3.63, 3.8) is 0 Å². The van der Waals surface area contributed by atoms with Gasteiger partial charge in [0.05, 0.1) is 22.0 Å². The Morgan fingerprint density at radius 3 is 2.76 bits per heavy atom. The molecule has 0 radical (unpaired) electrons. The van der Waals surface area contributed by atoms with Crippen molar-refractivity contribution >= 4 is 46.7 Å². The van der Waals surface area contributed by atoms with Crippen molar-refractivity contribution in [3.8, 4) is 11.3 Å². The minimum atomic E-state index is -0.0994. The summed E-state index contributed by atoms with van der Waals surface area (Å²) in [5.74, 6) is -0.0994. The lowest BCUT2D eigenvalue weighted by atomic mass is 10.1. The number of pyridine rings is 1. The molecule has 1 aliphatic rings. The second-order valence-corrected chi connectivity index (χ2v) is 6.04. The number of carbonyl (C=O) groups excluding carboxylic acids is 1. The van der Waals surface area contributed by atoms with E-state index in [9.17, 15) is 4.79 Å². The molecule has 3 heterocycles. The van der Waals surface area contributed by atoms with E-state index in [1.54, 1.807) is 18.3 Å². The number of halogens is 3. The van der Waals surface area contributed by atoms with Gasteiger partial charge in [0.2, 0.25) is 0 Å². The lowest BCUT2D eigenvalue weighted by Gasteiger charge is -2.16. The zero-order chi connectivity index (χ0) is 15.1. The van der Waals surface area contributed by atoms with Crippen LogP contribution in [0.25, 0.3) is 17.3 Å². The van der Waals surface area contributed by atoms with Gasteiger partial charge in [-0.2, -0.15) is 0 Å². The Morgan fingerprint density at radius 2 is 2.10 bits per heavy atom. The molecule has 0 saturated heterocycles. The Morgan fingerprint density at radius 1 is 1.33 bits per heavy atom. The predicted molar refractivity (Wildman–Crippen MR) is 86.1 cm³/mol. The van der Waals surface area contributed by atoms with Crippen LogP contribution in [0, 0.1) is 0 Å². The van der Waals surface area contributed by atoms with E-state index >= 15 is 0 Å². The first-order valence-electron chi connectivity index (χ1n) is 6.40. The molecule has 2 aromatic heterocycles. The lowest BCUT2D eigenvalue weighted by molar-refractivity contribution is 0.101. The van der Waals surface area contributed by atoms with Crippen LogP contribution in [-0.4, -0.2) is 15.3 Å². The van der Waals surface area contributed by atoms with Crippen LogP contribution in [0.4, 0.5) is 0 Å². The van der Waals surface area contributed by atoms with Crippen LogP contribution >= 0.6 is 34.8 Å². The number of rotatable bonds is 2. The maximum atomic E-state index is 12.0. The first-order valence-corrected chi connectivity index (χ1v) is 7.54. The van der Waals surface area contributed by atoms with Crippen molar-refractivity contribution in [1.29, 1.82) is 0 Å². The number of fused-ring (bicyclic) bond motifs is 1. The molecule has 0 atom stereocenters. The molecular weight excluding hydrogens is 331 g/mol. The van der Waals surface area contributed by atoms with Crippen LogP contribution < -0.4 is 0 Å². The van der Waals surface area contributed by atoms with Gasteiger partial charge in [-0.25, -0.2) is 4.98 Å². The van der Waals surface area contributed by atoms with E-state index in [-0.39, 0.29) is 5.78 Å². The van der Waals surface area contributed by atoms with E-state index in [2.05, 4.69) is 4.98 Å². The Hall–Kier alpha value is -1.29. The van der Waals surface area contributed by atoms with Crippen LogP contribution in [-0.2, 0) is 6.54 Å². The molecule has 2 aromatic rings. The summed E-state index contributed by atoms with van der Waals surface area (Å²) >= 11 is 18.8. The molecule has 0 aliphatic carbocycles. The van der Waals surface area contributed by atoms with E-state index in [1.807, 2.05) is 10.6 Å². The van der Waals surface area contributed by atoms with Gasteiger partial charge in [-0.15, -0.1) is 0 Å². The Labute approximate surface area is 137 Å². The highest BCUT2D eigenvalue weighted by Crippen LogP contribution is 2.41. The number of ketones is 1. The average molecular weight is 342 g/mol. The molecule has 3 nitrogen and oxygen atoms in total. The van der Waals surface area contributed by atoms with Crippen molar-refractivity contribution in [3.05, 3.63) is 44.8 Å². The fourth-order valence-corrected chi connectivity index (χ4v) is 3.42. The molecule has 108 valence electrons. The largest absolute Gasteiger partial charge is 0.339 e. The van der Waals surface area contributed by atoms with E-state index < -0.39 is 0 Å². The quantitative estimate of drug-likeness (QED) is 0.566. The normalized spacial score (nSPS) is 13.8. The number of carbonyl (C=O) groups is 1. The smallest absolute Gasteiger partial charge is 0.163 e. The number of aromatic nitrogens is 2. The maximum Gasteiger partial charge on any atom is 0.163 e. The summed E-state index contributed by atoms with van der Waals surface area (Å²) in [4.78, 5) is 16.0. The second kappa shape index (κ2) is 5.48. The summed E-state index contributed by atoms with van der Waals surface area (Å²) < 4.78 is 1.98. The van der Waals surface area contributed by atoms with Crippen molar-refractivity contribution in [2.75, 3.05) is 0 Å².